The van der Waals surface area contributed by atoms with E-state index in [-0.39, 0.29) is 42.0 Å². The van der Waals surface area contributed by atoms with Gasteiger partial charge in [0.05, 0.1) is 18.3 Å². The summed E-state index contributed by atoms with van der Waals surface area (Å²) >= 11 is 0. The number of hydrogen-bond acceptors (Lipinski definition) is 4. The van der Waals surface area contributed by atoms with Gasteiger partial charge in [-0.3, -0.25) is 14.5 Å². The van der Waals surface area contributed by atoms with Crippen molar-refractivity contribution in [3.8, 4) is 0 Å². The van der Waals surface area contributed by atoms with Crippen molar-refractivity contribution >= 4 is 41.5 Å². The summed E-state index contributed by atoms with van der Waals surface area (Å²) in [4.78, 5) is 20.7. The molecular weight excluding hydrogens is 481 g/mol. The molecule has 0 radical (unpaired) electrons. The highest BCUT2D eigenvalue weighted by Crippen LogP contribution is 2.21. The molecule has 29 heavy (non-hydrogen) atoms. The molecule has 8 nitrogen and oxygen atoms in total. The highest BCUT2D eigenvalue weighted by Gasteiger charge is 2.31. The second-order valence-corrected chi connectivity index (χ2v) is 7.27. The SMILES string of the molecule is CN=C(NCC(c1cnn(C)c1)N(C)C)NC1CC(=O)N(c2ccccc2)C1.I. The Bertz CT molecular complexity index is 821. The van der Waals surface area contributed by atoms with Crippen molar-refractivity contribution in [2.75, 3.05) is 39.1 Å². The smallest absolute Gasteiger partial charge is 0.229 e. The average molecular weight is 511 g/mol. The Balaban J connectivity index is 0.00000300. The standard InChI is InChI=1S/C20H29N7O.HI/c1-21-20(22-12-18(25(2)3)15-11-23-26(4)13-15)24-16-10-19(28)27(14-16)17-8-6-5-7-9-17;/h5-9,11,13,16,18H,10,12,14H2,1-4H3,(H2,21,22,24);1H. The molecule has 2 atom stereocenters. The van der Waals surface area contributed by atoms with E-state index in [4.69, 9.17) is 0 Å². The maximum atomic E-state index is 12.4. The van der Waals surface area contributed by atoms with E-state index < -0.39 is 0 Å². The van der Waals surface area contributed by atoms with Crippen molar-refractivity contribution in [3.05, 3.63) is 48.3 Å². The van der Waals surface area contributed by atoms with Gasteiger partial charge >= 0.3 is 0 Å². The van der Waals surface area contributed by atoms with Crippen LogP contribution in [0.3, 0.4) is 0 Å². The molecule has 3 rings (SSSR count). The number of carbonyl (C=O) groups excluding carboxylic acids is 1. The first-order valence-corrected chi connectivity index (χ1v) is 9.45. The van der Waals surface area contributed by atoms with Crippen LogP contribution in [0.15, 0.2) is 47.7 Å². The molecule has 2 heterocycles. The van der Waals surface area contributed by atoms with E-state index in [9.17, 15) is 4.79 Å². The summed E-state index contributed by atoms with van der Waals surface area (Å²) in [5.74, 6) is 0.823. The summed E-state index contributed by atoms with van der Waals surface area (Å²) in [5.41, 5.74) is 2.07. The fourth-order valence-corrected chi connectivity index (χ4v) is 3.45. The van der Waals surface area contributed by atoms with Gasteiger partial charge in [0.1, 0.15) is 0 Å². The molecule has 0 saturated carbocycles. The third-order valence-corrected chi connectivity index (χ3v) is 4.95. The average Bonchev–Trinajstić information content (AvgIpc) is 3.27. The minimum Gasteiger partial charge on any atom is -0.354 e. The van der Waals surface area contributed by atoms with Crippen LogP contribution >= 0.6 is 24.0 Å². The quantitative estimate of drug-likeness (QED) is 0.350. The largest absolute Gasteiger partial charge is 0.354 e. The van der Waals surface area contributed by atoms with Crippen molar-refractivity contribution in [2.45, 2.75) is 18.5 Å². The summed E-state index contributed by atoms with van der Waals surface area (Å²) in [7, 11) is 7.75. The number of aliphatic imine (C=N–C) groups is 1. The van der Waals surface area contributed by atoms with Gasteiger partial charge in [-0.05, 0) is 26.2 Å². The lowest BCUT2D eigenvalue weighted by atomic mass is 10.1. The molecule has 1 aromatic carbocycles. The van der Waals surface area contributed by atoms with Gasteiger partial charge in [-0.25, -0.2) is 0 Å². The Morgan fingerprint density at radius 1 is 1.34 bits per heavy atom. The Kier molecular flexibility index (Phi) is 8.45. The van der Waals surface area contributed by atoms with Crippen molar-refractivity contribution in [2.24, 2.45) is 12.0 Å². The van der Waals surface area contributed by atoms with Crippen LogP contribution in [0.25, 0.3) is 0 Å². The third-order valence-electron chi connectivity index (χ3n) is 4.95. The van der Waals surface area contributed by atoms with E-state index in [0.29, 0.717) is 25.5 Å². The topological polar surface area (TPSA) is 77.8 Å². The zero-order chi connectivity index (χ0) is 20.1. The number of carbonyl (C=O) groups is 1. The van der Waals surface area contributed by atoms with Crippen LogP contribution in [0.2, 0.25) is 0 Å². The predicted molar refractivity (Wildman–Crippen MR) is 127 cm³/mol. The Labute approximate surface area is 189 Å². The molecular formula is C20H30IN7O. The molecule has 2 unspecified atom stereocenters. The molecule has 0 aliphatic carbocycles. The van der Waals surface area contributed by atoms with Crippen LogP contribution in [0.5, 0.6) is 0 Å². The number of amides is 1. The fraction of sp³-hybridized carbons (Fsp3) is 0.450. The van der Waals surface area contributed by atoms with Crippen molar-refractivity contribution in [1.29, 1.82) is 0 Å². The molecule has 1 fully saturated rings. The zero-order valence-corrected chi connectivity index (χ0v) is 19.7. The molecule has 9 heteroatoms. The first kappa shape index (κ1) is 23.1. The molecule has 2 N–H and O–H groups in total. The van der Waals surface area contributed by atoms with E-state index in [1.165, 1.54) is 0 Å². The van der Waals surface area contributed by atoms with E-state index in [2.05, 4.69) is 25.6 Å². The highest BCUT2D eigenvalue weighted by atomic mass is 127. The molecule has 1 aromatic heterocycles. The molecule has 158 valence electrons. The van der Waals surface area contributed by atoms with E-state index in [0.717, 1.165) is 11.3 Å². The summed E-state index contributed by atoms with van der Waals surface area (Å²) in [6.07, 6.45) is 4.36. The predicted octanol–water partition coefficient (Wildman–Crippen LogP) is 1.61. The Hall–Kier alpha value is -2.14. The normalized spacial score (nSPS) is 18.0. The van der Waals surface area contributed by atoms with Crippen LogP contribution in [0, 0.1) is 0 Å². The molecule has 0 spiro atoms. The van der Waals surface area contributed by atoms with Crippen LogP contribution in [0.1, 0.15) is 18.0 Å². The molecule has 2 aromatic rings. The number of hydrogen-bond donors (Lipinski definition) is 2. The second kappa shape index (κ2) is 10.6. The number of aromatic nitrogens is 2. The number of para-hydroxylation sites is 1. The number of rotatable bonds is 6. The Morgan fingerprint density at radius 2 is 2.07 bits per heavy atom. The Morgan fingerprint density at radius 3 is 2.66 bits per heavy atom. The van der Waals surface area contributed by atoms with Gasteiger partial charge in [0.2, 0.25) is 5.91 Å². The summed E-state index contributed by atoms with van der Waals surface area (Å²) in [6.45, 7) is 1.31. The molecule has 1 aliphatic heterocycles. The van der Waals surface area contributed by atoms with Crippen LogP contribution in [0.4, 0.5) is 5.69 Å². The summed E-state index contributed by atoms with van der Waals surface area (Å²) < 4.78 is 1.81. The minimum absolute atomic E-state index is 0. The van der Waals surface area contributed by atoms with Crippen molar-refractivity contribution in [3.63, 3.8) is 0 Å². The summed E-state index contributed by atoms with van der Waals surface area (Å²) in [6, 6.07) is 9.96. The van der Waals surface area contributed by atoms with Gasteiger partial charge in [-0.1, -0.05) is 18.2 Å². The first-order chi connectivity index (χ1) is 13.5. The minimum atomic E-state index is 0. The van der Waals surface area contributed by atoms with Crippen LogP contribution in [-0.4, -0.2) is 66.8 Å². The number of nitrogens with zero attached hydrogens (tertiary/aromatic N) is 5. The summed E-state index contributed by atoms with van der Waals surface area (Å²) in [5, 5.41) is 11.0. The molecule has 0 bridgehead atoms. The fourth-order valence-electron chi connectivity index (χ4n) is 3.45. The third kappa shape index (κ3) is 5.92. The number of aryl methyl sites for hydroxylation is 1. The van der Waals surface area contributed by atoms with Crippen LogP contribution < -0.4 is 15.5 Å². The van der Waals surface area contributed by atoms with Gasteiger partial charge < -0.3 is 20.4 Å². The van der Waals surface area contributed by atoms with Gasteiger partial charge in [0.25, 0.3) is 0 Å². The number of likely N-dealkylation sites (N-methyl/N-ethyl adjacent to an activating group) is 1. The first-order valence-electron chi connectivity index (χ1n) is 9.45. The van der Waals surface area contributed by atoms with Gasteiger partial charge in [-0.15, -0.1) is 24.0 Å². The maximum absolute atomic E-state index is 12.4. The lowest BCUT2D eigenvalue weighted by Gasteiger charge is -2.25. The number of nitrogens with one attached hydrogen (secondary N) is 2. The molecule has 1 amide bonds. The van der Waals surface area contributed by atoms with Crippen molar-refractivity contribution in [1.82, 2.24) is 25.3 Å². The monoisotopic (exact) mass is 511 g/mol. The number of halogens is 1. The van der Waals surface area contributed by atoms with Crippen molar-refractivity contribution < 1.29 is 4.79 Å². The molecule has 1 saturated heterocycles. The number of guanidine groups is 1. The number of anilines is 1. The van der Waals surface area contributed by atoms with Gasteiger partial charge in [0.15, 0.2) is 5.96 Å². The lowest BCUT2D eigenvalue weighted by molar-refractivity contribution is -0.117. The van der Waals surface area contributed by atoms with Crippen LogP contribution in [-0.2, 0) is 11.8 Å². The zero-order valence-electron chi connectivity index (χ0n) is 17.4. The lowest BCUT2D eigenvalue weighted by Crippen LogP contribution is -2.46. The second-order valence-electron chi connectivity index (χ2n) is 7.27. The molecule has 1 aliphatic rings. The number of benzene rings is 1. The maximum Gasteiger partial charge on any atom is 0.229 e. The highest BCUT2D eigenvalue weighted by molar-refractivity contribution is 14.0. The van der Waals surface area contributed by atoms with Gasteiger partial charge in [-0.2, -0.15) is 5.10 Å². The van der Waals surface area contributed by atoms with E-state index >= 15 is 0 Å². The van der Waals surface area contributed by atoms with Gasteiger partial charge in [0, 0.05) is 51.1 Å². The van der Waals surface area contributed by atoms with E-state index in [1.807, 2.05) is 68.8 Å². The van der Waals surface area contributed by atoms with E-state index in [1.54, 1.807) is 11.7 Å².